The van der Waals surface area contributed by atoms with E-state index in [9.17, 15) is 9.59 Å². The molecule has 1 aliphatic rings. The Morgan fingerprint density at radius 1 is 1.50 bits per heavy atom. The van der Waals surface area contributed by atoms with Crippen LogP contribution in [0.2, 0.25) is 0 Å². The van der Waals surface area contributed by atoms with Crippen LogP contribution in [0.1, 0.15) is 19.3 Å². The van der Waals surface area contributed by atoms with Gasteiger partial charge in [0.1, 0.15) is 6.54 Å². The highest BCUT2D eigenvalue weighted by molar-refractivity contribution is 7.99. The number of hydrogen-bond acceptors (Lipinski definition) is 5. The number of methoxy groups -OCH3 is 1. The molecule has 1 amide bonds. The topological polar surface area (TPSA) is 73.2 Å². The highest BCUT2D eigenvalue weighted by atomic mass is 32.2. The van der Waals surface area contributed by atoms with Crippen molar-refractivity contribution in [2.24, 2.45) is 5.92 Å². The van der Waals surface area contributed by atoms with Crippen molar-refractivity contribution in [1.29, 1.82) is 0 Å². The van der Waals surface area contributed by atoms with E-state index in [4.69, 9.17) is 0 Å². The smallest absolute Gasteiger partial charge is 0.327 e. The molecule has 0 radical (unpaired) electrons. The average molecular weight is 297 g/mol. The maximum atomic E-state index is 11.9. The molecule has 1 aliphatic heterocycles. The third-order valence-corrected chi connectivity index (χ3v) is 4.30. The van der Waals surface area contributed by atoms with Crippen LogP contribution in [0.4, 0.5) is 5.69 Å². The molecule has 0 aromatic carbocycles. The lowest BCUT2D eigenvalue weighted by Crippen LogP contribution is -2.19. The Balaban J connectivity index is 1.80. The Kier molecular flexibility index (Phi) is 5.46. The molecule has 0 atom stereocenters. The van der Waals surface area contributed by atoms with Crippen molar-refractivity contribution in [2.45, 2.75) is 25.8 Å². The minimum Gasteiger partial charge on any atom is -0.468 e. The van der Waals surface area contributed by atoms with Crippen LogP contribution < -0.4 is 5.32 Å². The van der Waals surface area contributed by atoms with Crippen LogP contribution in [-0.2, 0) is 20.9 Å². The summed E-state index contributed by atoms with van der Waals surface area (Å²) >= 11 is 1.95. The number of nitrogens with zero attached hydrogens (tertiary/aromatic N) is 2. The van der Waals surface area contributed by atoms with Crippen molar-refractivity contribution in [3.05, 3.63) is 12.4 Å². The number of thioether (sulfide) groups is 1. The molecule has 1 N–H and O–H groups in total. The van der Waals surface area contributed by atoms with Gasteiger partial charge in [-0.25, -0.2) is 0 Å². The highest BCUT2D eigenvalue weighted by Crippen LogP contribution is 2.25. The number of anilines is 1. The molecule has 1 saturated heterocycles. The maximum absolute atomic E-state index is 11.9. The van der Waals surface area contributed by atoms with Gasteiger partial charge in [-0.2, -0.15) is 16.9 Å². The zero-order valence-electron chi connectivity index (χ0n) is 11.5. The van der Waals surface area contributed by atoms with E-state index in [-0.39, 0.29) is 18.4 Å². The molecule has 0 spiro atoms. The second-order valence-corrected chi connectivity index (χ2v) is 6.04. The number of esters is 1. The van der Waals surface area contributed by atoms with E-state index in [1.54, 1.807) is 6.20 Å². The predicted octanol–water partition coefficient (Wildman–Crippen LogP) is 1.53. The first-order chi connectivity index (χ1) is 9.67. The zero-order valence-corrected chi connectivity index (χ0v) is 12.3. The molecule has 7 heteroatoms. The Hall–Kier alpha value is -1.50. The molecule has 110 valence electrons. The summed E-state index contributed by atoms with van der Waals surface area (Å²) in [4.78, 5) is 23.0. The Bertz CT molecular complexity index is 469. The SMILES string of the molecule is COC(=O)Cn1cc(NC(=O)CC2CCSCC2)cn1. The summed E-state index contributed by atoms with van der Waals surface area (Å²) in [5.74, 6) is 2.43. The summed E-state index contributed by atoms with van der Waals surface area (Å²) in [6.45, 7) is 0.0478. The van der Waals surface area contributed by atoms with Crippen molar-refractivity contribution in [2.75, 3.05) is 23.9 Å². The van der Waals surface area contributed by atoms with Crippen LogP contribution in [-0.4, -0.2) is 40.3 Å². The first-order valence-electron chi connectivity index (χ1n) is 6.64. The number of hydrogen-bond donors (Lipinski definition) is 1. The van der Waals surface area contributed by atoms with Gasteiger partial charge in [0.2, 0.25) is 5.91 Å². The van der Waals surface area contributed by atoms with Gasteiger partial charge in [-0.05, 0) is 30.3 Å². The van der Waals surface area contributed by atoms with Crippen molar-refractivity contribution in [3.8, 4) is 0 Å². The molecular formula is C13H19N3O3S. The number of nitrogens with one attached hydrogen (secondary N) is 1. The number of aromatic nitrogens is 2. The van der Waals surface area contributed by atoms with Gasteiger partial charge in [0, 0.05) is 12.6 Å². The Morgan fingerprint density at radius 3 is 2.95 bits per heavy atom. The molecule has 0 aliphatic carbocycles. The number of rotatable bonds is 5. The predicted molar refractivity (Wildman–Crippen MR) is 77.5 cm³/mol. The summed E-state index contributed by atoms with van der Waals surface area (Å²) < 4.78 is 6.00. The molecular weight excluding hydrogens is 278 g/mol. The maximum Gasteiger partial charge on any atom is 0.327 e. The van der Waals surface area contributed by atoms with Crippen molar-refractivity contribution >= 4 is 29.3 Å². The number of amides is 1. The monoisotopic (exact) mass is 297 g/mol. The van der Waals surface area contributed by atoms with Gasteiger partial charge in [-0.15, -0.1) is 0 Å². The Labute approximate surface area is 122 Å². The van der Waals surface area contributed by atoms with E-state index < -0.39 is 0 Å². The number of ether oxygens (including phenoxy) is 1. The minimum absolute atomic E-state index is 0.0134. The van der Waals surface area contributed by atoms with Gasteiger partial charge >= 0.3 is 5.97 Å². The van der Waals surface area contributed by atoms with Gasteiger partial charge < -0.3 is 10.1 Å². The van der Waals surface area contributed by atoms with Gasteiger partial charge in [0.25, 0.3) is 0 Å². The molecule has 2 heterocycles. The molecule has 1 aromatic rings. The van der Waals surface area contributed by atoms with Crippen molar-refractivity contribution in [1.82, 2.24) is 9.78 Å². The van der Waals surface area contributed by atoms with Crippen molar-refractivity contribution < 1.29 is 14.3 Å². The molecule has 0 saturated carbocycles. The van der Waals surface area contributed by atoms with Gasteiger partial charge in [0.05, 0.1) is 19.0 Å². The second kappa shape index (κ2) is 7.33. The molecule has 1 fully saturated rings. The lowest BCUT2D eigenvalue weighted by molar-refractivity contribution is -0.141. The second-order valence-electron chi connectivity index (χ2n) is 4.81. The van der Waals surface area contributed by atoms with Gasteiger partial charge in [-0.1, -0.05) is 0 Å². The molecule has 0 bridgehead atoms. The lowest BCUT2D eigenvalue weighted by atomic mass is 9.98. The molecule has 1 aromatic heterocycles. The lowest BCUT2D eigenvalue weighted by Gasteiger charge is -2.20. The third-order valence-electron chi connectivity index (χ3n) is 3.25. The largest absolute Gasteiger partial charge is 0.468 e. The van der Waals surface area contributed by atoms with E-state index in [0.29, 0.717) is 18.0 Å². The molecule has 20 heavy (non-hydrogen) atoms. The third kappa shape index (κ3) is 4.56. The van der Waals surface area contributed by atoms with Crippen LogP contribution in [0.25, 0.3) is 0 Å². The van der Waals surface area contributed by atoms with E-state index in [1.807, 2.05) is 11.8 Å². The standard InChI is InChI=1S/C13H19N3O3S/c1-19-13(18)9-16-8-11(7-14-16)15-12(17)6-10-2-4-20-5-3-10/h7-8,10H,2-6,9H2,1H3,(H,15,17). The first-order valence-corrected chi connectivity index (χ1v) is 7.79. The fourth-order valence-electron chi connectivity index (χ4n) is 2.14. The van der Waals surface area contributed by atoms with E-state index in [1.165, 1.54) is 18.0 Å². The molecule has 6 nitrogen and oxygen atoms in total. The highest BCUT2D eigenvalue weighted by Gasteiger charge is 2.17. The van der Waals surface area contributed by atoms with Gasteiger partial charge in [-0.3, -0.25) is 14.3 Å². The van der Waals surface area contributed by atoms with E-state index in [0.717, 1.165) is 24.3 Å². The summed E-state index contributed by atoms with van der Waals surface area (Å²) in [7, 11) is 1.33. The number of carbonyl (C=O) groups is 2. The summed E-state index contributed by atoms with van der Waals surface area (Å²) in [5.41, 5.74) is 0.615. The fraction of sp³-hybridized carbons (Fsp3) is 0.615. The van der Waals surface area contributed by atoms with Crippen LogP contribution in [0, 0.1) is 5.92 Å². The number of carbonyl (C=O) groups excluding carboxylic acids is 2. The normalized spacial score (nSPS) is 15.8. The molecule has 0 unspecified atom stereocenters. The average Bonchev–Trinajstić information content (AvgIpc) is 2.86. The Morgan fingerprint density at radius 2 is 2.25 bits per heavy atom. The fourth-order valence-corrected chi connectivity index (χ4v) is 3.34. The van der Waals surface area contributed by atoms with Gasteiger partial charge in [0.15, 0.2) is 0 Å². The van der Waals surface area contributed by atoms with E-state index in [2.05, 4.69) is 15.2 Å². The first kappa shape index (κ1) is 14.9. The van der Waals surface area contributed by atoms with E-state index >= 15 is 0 Å². The summed E-state index contributed by atoms with van der Waals surface area (Å²) in [6, 6.07) is 0. The minimum atomic E-state index is -0.370. The van der Waals surface area contributed by atoms with Crippen LogP contribution in [0.15, 0.2) is 12.4 Å². The van der Waals surface area contributed by atoms with Crippen LogP contribution in [0.3, 0.4) is 0 Å². The molecule has 2 rings (SSSR count). The summed E-state index contributed by atoms with van der Waals surface area (Å²) in [6.07, 6.45) is 5.95. The van der Waals surface area contributed by atoms with Crippen molar-refractivity contribution in [3.63, 3.8) is 0 Å². The van der Waals surface area contributed by atoms with Crippen LogP contribution >= 0.6 is 11.8 Å². The summed E-state index contributed by atoms with van der Waals surface area (Å²) in [5, 5.41) is 6.82. The quantitative estimate of drug-likeness (QED) is 0.834. The van der Waals surface area contributed by atoms with Crippen LogP contribution in [0.5, 0.6) is 0 Å². The zero-order chi connectivity index (χ0) is 14.4.